The van der Waals surface area contributed by atoms with E-state index in [0.29, 0.717) is 13.0 Å². The number of hydrogen-bond donors (Lipinski definition) is 2. The topological polar surface area (TPSA) is 55.1 Å². The summed E-state index contributed by atoms with van der Waals surface area (Å²) in [4.78, 5) is 12.1. The molecule has 0 aliphatic heterocycles. The number of carbonyl (C=O) groups excluding carboxylic acids is 1. The van der Waals surface area contributed by atoms with Gasteiger partial charge in [0.05, 0.1) is 6.04 Å². The number of rotatable bonds is 6. The molecule has 3 heteroatoms. The van der Waals surface area contributed by atoms with Crippen LogP contribution in [0.2, 0.25) is 0 Å². The second kappa shape index (κ2) is 7.60. The van der Waals surface area contributed by atoms with E-state index in [0.717, 1.165) is 17.5 Å². The molecule has 3 nitrogen and oxygen atoms in total. The van der Waals surface area contributed by atoms with Crippen molar-refractivity contribution in [2.75, 3.05) is 0 Å². The quantitative estimate of drug-likeness (QED) is 0.855. The Bertz CT molecular complexity index is 581. The summed E-state index contributed by atoms with van der Waals surface area (Å²) in [6.07, 6.45) is 1.52. The van der Waals surface area contributed by atoms with E-state index < -0.39 is 6.04 Å². The molecule has 0 aromatic heterocycles. The van der Waals surface area contributed by atoms with Gasteiger partial charge < -0.3 is 11.1 Å². The molecule has 0 saturated carbocycles. The van der Waals surface area contributed by atoms with Crippen molar-refractivity contribution in [3.63, 3.8) is 0 Å². The third-order valence-electron chi connectivity index (χ3n) is 3.59. The van der Waals surface area contributed by atoms with E-state index in [-0.39, 0.29) is 5.91 Å². The number of aryl methyl sites for hydroxylation is 1. The van der Waals surface area contributed by atoms with Crippen LogP contribution in [0.4, 0.5) is 0 Å². The van der Waals surface area contributed by atoms with Crippen LogP contribution in [0.5, 0.6) is 0 Å². The maximum atomic E-state index is 12.1. The van der Waals surface area contributed by atoms with E-state index in [1.165, 1.54) is 5.56 Å². The summed E-state index contributed by atoms with van der Waals surface area (Å²) < 4.78 is 0. The Labute approximate surface area is 126 Å². The molecule has 2 aromatic rings. The Balaban J connectivity index is 1.89. The van der Waals surface area contributed by atoms with Crippen molar-refractivity contribution in [2.45, 2.75) is 32.4 Å². The molecule has 0 spiro atoms. The third-order valence-corrected chi connectivity index (χ3v) is 3.59. The van der Waals surface area contributed by atoms with Gasteiger partial charge in [-0.2, -0.15) is 0 Å². The number of nitrogens with two attached hydrogens (primary N) is 1. The maximum Gasteiger partial charge on any atom is 0.237 e. The van der Waals surface area contributed by atoms with Crippen molar-refractivity contribution in [2.24, 2.45) is 5.73 Å². The zero-order chi connectivity index (χ0) is 15.1. The molecule has 3 N–H and O–H groups in total. The molecular weight excluding hydrogens is 260 g/mol. The van der Waals surface area contributed by atoms with E-state index in [4.69, 9.17) is 5.73 Å². The predicted molar refractivity (Wildman–Crippen MR) is 85.8 cm³/mol. The van der Waals surface area contributed by atoms with Gasteiger partial charge in [-0.05, 0) is 29.5 Å². The van der Waals surface area contributed by atoms with Gasteiger partial charge in [0.2, 0.25) is 5.91 Å². The fourth-order valence-corrected chi connectivity index (χ4v) is 2.35. The first-order valence-electron chi connectivity index (χ1n) is 7.34. The fraction of sp³-hybridized carbons (Fsp3) is 0.278. The third kappa shape index (κ3) is 4.43. The molecule has 2 aromatic carbocycles. The predicted octanol–water partition coefficient (Wildman–Crippen LogP) is 2.44. The van der Waals surface area contributed by atoms with E-state index in [9.17, 15) is 4.79 Å². The summed E-state index contributed by atoms with van der Waals surface area (Å²) in [7, 11) is 0. The molecule has 1 atom stereocenters. The second-order valence-corrected chi connectivity index (χ2v) is 5.14. The standard InChI is InChI=1S/C18H22N2O/c1-2-15-10-6-7-11-16(15)13-20-18(21)17(19)12-14-8-4-3-5-9-14/h3-11,17H,2,12-13,19H2,1H3,(H,20,21)/t17-/m1/s1. The van der Waals surface area contributed by atoms with Crippen LogP contribution in [0.1, 0.15) is 23.6 Å². The van der Waals surface area contributed by atoms with Gasteiger partial charge in [-0.1, -0.05) is 61.5 Å². The van der Waals surface area contributed by atoms with Crippen molar-refractivity contribution in [1.29, 1.82) is 0 Å². The Morgan fingerprint density at radius 2 is 1.67 bits per heavy atom. The van der Waals surface area contributed by atoms with Gasteiger partial charge in [-0.15, -0.1) is 0 Å². The van der Waals surface area contributed by atoms with Gasteiger partial charge in [-0.3, -0.25) is 4.79 Å². The van der Waals surface area contributed by atoms with Crippen LogP contribution in [0.3, 0.4) is 0 Å². The van der Waals surface area contributed by atoms with Crippen molar-refractivity contribution in [1.82, 2.24) is 5.32 Å². The van der Waals surface area contributed by atoms with Gasteiger partial charge in [0.1, 0.15) is 0 Å². The van der Waals surface area contributed by atoms with Gasteiger partial charge in [0.25, 0.3) is 0 Å². The van der Waals surface area contributed by atoms with Gasteiger partial charge in [-0.25, -0.2) is 0 Å². The van der Waals surface area contributed by atoms with E-state index in [1.54, 1.807) is 0 Å². The highest BCUT2D eigenvalue weighted by atomic mass is 16.2. The first kappa shape index (κ1) is 15.3. The van der Waals surface area contributed by atoms with Crippen molar-refractivity contribution < 1.29 is 4.79 Å². The van der Waals surface area contributed by atoms with Crippen LogP contribution in [0.15, 0.2) is 54.6 Å². The average Bonchev–Trinajstić information content (AvgIpc) is 2.53. The molecule has 110 valence electrons. The summed E-state index contributed by atoms with van der Waals surface area (Å²) in [5.74, 6) is -0.107. The van der Waals surface area contributed by atoms with Gasteiger partial charge >= 0.3 is 0 Å². The second-order valence-electron chi connectivity index (χ2n) is 5.14. The first-order valence-corrected chi connectivity index (χ1v) is 7.34. The highest BCUT2D eigenvalue weighted by molar-refractivity contribution is 5.81. The number of carbonyl (C=O) groups is 1. The lowest BCUT2D eigenvalue weighted by Gasteiger charge is -2.14. The molecule has 0 aliphatic rings. The molecule has 0 aliphatic carbocycles. The lowest BCUT2D eigenvalue weighted by molar-refractivity contribution is -0.122. The molecule has 2 rings (SSSR count). The number of amides is 1. The van der Waals surface area contributed by atoms with Crippen LogP contribution in [-0.2, 0) is 24.2 Å². The smallest absolute Gasteiger partial charge is 0.237 e. The molecule has 0 unspecified atom stereocenters. The lowest BCUT2D eigenvalue weighted by Crippen LogP contribution is -2.41. The monoisotopic (exact) mass is 282 g/mol. The number of hydrogen-bond acceptors (Lipinski definition) is 2. The van der Waals surface area contributed by atoms with Gasteiger partial charge in [0.15, 0.2) is 0 Å². The van der Waals surface area contributed by atoms with Crippen molar-refractivity contribution in [3.05, 3.63) is 71.3 Å². The summed E-state index contributed by atoms with van der Waals surface area (Å²) >= 11 is 0. The van der Waals surface area contributed by atoms with Crippen molar-refractivity contribution in [3.8, 4) is 0 Å². The summed E-state index contributed by atoms with van der Waals surface area (Å²) in [5, 5.41) is 2.93. The molecule has 0 radical (unpaired) electrons. The van der Waals surface area contributed by atoms with Crippen molar-refractivity contribution >= 4 is 5.91 Å². The zero-order valence-corrected chi connectivity index (χ0v) is 12.4. The van der Waals surface area contributed by atoms with Crippen LogP contribution in [0.25, 0.3) is 0 Å². The molecule has 1 amide bonds. The highest BCUT2D eigenvalue weighted by Gasteiger charge is 2.13. The molecule has 0 heterocycles. The maximum absolute atomic E-state index is 12.1. The van der Waals surface area contributed by atoms with Gasteiger partial charge in [0, 0.05) is 6.54 Å². The molecule has 0 saturated heterocycles. The summed E-state index contributed by atoms with van der Waals surface area (Å²) in [5.41, 5.74) is 9.46. The van der Waals surface area contributed by atoms with E-state index >= 15 is 0 Å². The normalized spacial score (nSPS) is 11.9. The molecular formula is C18H22N2O. The Morgan fingerprint density at radius 3 is 2.33 bits per heavy atom. The Morgan fingerprint density at radius 1 is 1.05 bits per heavy atom. The van der Waals surface area contributed by atoms with E-state index in [2.05, 4.69) is 18.3 Å². The number of nitrogens with one attached hydrogen (secondary N) is 1. The minimum Gasteiger partial charge on any atom is -0.351 e. The molecule has 0 bridgehead atoms. The Kier molecular flexibility index (Phi) is 5.52. The first-order chi connectivity index (χ1) is 10.2. The van der Waals surface area contributed by atoms with Crippen LogP contribution in [0, 0.1) is 0 Å². The largest absolute Gasteiger partial charge is 0.351 e. The minimum atomic E-state index is -0.513. The molecule has 21 heavy (non-hydrogen) atoms. The fourth-order valence-electron chi connectivity index (χ4n) is 2.35. The minimum absolute atomic E-state index is 0.107. The summed E-state index contributed by atoms with van der Waals surface area (Å²) in [6, 6.07) is 17.5. The average molecular weight is 282 g/mol. The van der Waals surface area contributed by atoms with E-state index in [1.807, 2.05) is 48.5 Å². The zero-order valence-electron chi connectivity index (χ0n) is 12.4. The lowest BCUT2D eigenvalue weighted by atomic mass is 10.0. The highest BCUT2D eigenvalue weighted by Crippen LogP contribution is 2.09. The number of benzene rings is 2. The SMILES string of the molecule is CCc1ccccc1CNC(=O)[C@H](N)Cc1ccccc1. The summed E-state index contributed by atoms with van der Waals surface area (Å²) in [6.45, 7) is 2.65. The van der Waals surface area contributed by atoms with Crippen LogP contribution < -0.4 is 11.1 Å². The Hall–Kier alpha value is -2.13. The van der Waals surface area contributed by atoms with Crippen LogP contribution in [-0.4, -0.2) is 11.9 Å². The van der Waals surface area contributed by atoms with Crippen LogP contribution >= 0.6 is 0 Å². The molecule has 0 fully saturated rings.